The fraction of sp³-hybridized carbons (Fsp3) is 0.0833. The molecule has 0 spiro atoms. The molecule has 0 aliphatic carbocycles. The van der Waals surface area contributed by atoms with Crippen LogP contribution in [0.2, 0.25) is 5.02 Å². The quantitative estimate of drug-likeness (QED) is 0.584. The van der Waals surface area contributed by atoms with E-state index >= 15 is 0 Å². The molecule has 1 N–H and O–H groups in total. The van der Waals surface area contributed by atoms with Gasteiger partial charge in [-0.2, -0.15) is 5.10 Å². The normalized spacial score (nSPS) is 10.8. The smallest absolute Gasteiger partial charge is 0.277 e. The van der Waals surface area contributed by atoms with Gasteiger partial charge in [-0.15, -0.1) is 0 Å². The highest BCUT2D eigenvalue weighted by Crippen LogP contribution is 2.29. The van der Waals surface area contributed by atoms with Crippen molar-refractivity contribution in [3.05, 3.63) is 45.2 Å². The van der Waals surface area contributed by atoms with E-state index in [0.717, 1.165) is 11.3 Å². The minimum absolute atomic E-state index is 0.0243. The summed E-state index contributed by atoms with van der Waals surface area (Å²) < 4.78 is 1.97. The number of aryl methyl sites for hydroxylation is 1. The number of carbonyl (C=O) groups is 1. The average Bonchev–Trinajstić information content (AvgIpc) is 3.00. The first-order valence-electron chi connectivity index (χ1n) is 5.99. The van der Waals surface area contributed by atoms with E-state index in [1.54, 1.807) is 7.05 Å². The van der Waals surface area contributed by atoms with Crippen molar-refractivity contribution in [3.63, 3.8) is 0 Å². The summed E-state index contributed by atoms with van der Waals surface area (Å²) in [5.41, 5.74) is 0.762. The highest BCUT2D eigenvalue weighted by molar-refractivity contribution is 7.22. The summed E-state index contributed by atoms with van der Waals surface area (Å²) in [4.78, 5) is 26.7. The van der Waals surface area contributed by atoms with E-state index in [2.05, 4.69) is 15.4 Å². The summed E-state index contributed by atoms with van der Waals surface area (Å²) in [7, 11) is 1.60. The largest absolute Gasteiger partial charge is 0.296 e. The minimum atomic E-state index is -0.479. The maximum atomic E-state index is 12.2. The average molecular weight is 338 g/mol. The van der Waals surface area contributed by atoms with Crippen LogP contribution in [0, 0.1) is 10.1 Å². The molecule has 0 radical (unpaired) electrons. The number of halogens is 1. The number of benzene rings is 1. The second-order valence-electron chi connectivity index (χ2n) is 4.35. The maximum absolute atomic E-state index is 12.2. The van der Waals surface area contributed by atoms with E-state index in [9.17, 15) is 14.9 Å². The predicted molar refractivity (Wildman–Crippen MR) is 82.4 cm³/mol. The third kappa shape index (κ3) is 2.51. The lowest BCUT2D eigenvalue weighted by molar-refractivity contribution is -0.384. The Morgan fingerprint density at radius 2 is 2.27 bits per heavy atom. The van der Waals surface area contributed by atoms with E-state index < -0.39 is 10.8 Å². The number of nitrogens with one attached hydrogen (secondary N) is 1. The number of hydrogen-bond acceptors (Lipinski definition) is 6. The molecule has 3 aromatic rings. The van der Waals surface area contributed by atoms with Crippen LogP contribution in [0.4, 0.5) is 10.8 Å². The zero-order valence-corrected chi connectivity index (χ0v) is 12.7. The molecular formula is C12H8ClN5O3S. The predicted octanol–water partition coefficient (Wildman–Crippen LogP) is 2.84. The number of rotatable bonds is 3. The fourth-order valence-electron chi connectivity index (χ4n) is 1.90. The SMILES string of the molecule is Cn1ncc(Cl)c1C(=O)Nc1nc2ccc([N+](=O)[O-])cc2s1. The van der Waals surface area contributed by atoms with E-state index in [1.165, 1.54) is 29.1 Å². The van der Waals surface area contributed by atoms with Gasteiger partial charge in [0.05, 0.1) is 26.4 Å². The summed E-state index contributed by atoms with van der Waals surface area (Å²) in [6.45, 7) is 0. The molecule has 0 aliphatic rings. The third-order valence-corrected chi connectivity index (χ3v) is 4.12. The van der Waals surface area contributed by atoms with Crippen LogP contribution >= 0.6 is 22.9 Å². The van der Waals surface area contributed by atoms with Gasteiger partial charge in [0.1, 0.15) is 5.69 Å². The van der Waals surface area contributed by atoms with Gasteiger partial charge in [0, 0.05) is 19.2 Å². The molecule has 0 unspecified atom stereocenters. The maximum Gasteiger partial charge on any atom is 0.277 e. The van der Waals surface area contributed by atoms with Gasteiger partial charge in [0.25, 0.3) is 11.6 Å². The van der Waals surface area contributed by atoms with Crippen LogP contribution in [-0.4, -0.2) is 25.6 Å². The Morgan fingerprint density at radius 3 is 2.91 bits per heavy atom. The van der Waals surface area contributed by atoms with Gasteiger partial charge in [-0.1, -0.05) is 22.9 Å². The van der Waals surface area contributed by atoms with Crippen LogP contribution in [-0.2, 0) is 7.05 Å². The number of carbonyl (C=O) groups excluding carboxylic acids is 1. The number of thiazole rings is 1. The summed E-state index contributed by atoms with van der Waals surface area (Å²) in [6.07, 6.45) is 1.37. The van der Waals surface area contributed by atoms with E-state index in [4.69, 9.17) is 11.6 Å². The highest BCUT2D eigenvalue weighted by atomic mass is 35.5. The molecule has 2 aromatic heterocycles. The van der Waals surface area contributed by atoms with Crippen molar-refractivity contribution in [1.29, 1.82) is 0 Å². The van der Waals surface area contributed by atoms with E-state index in [1.807, 2.05) is 0 Å². The molecule has 22 heavy (non-hydrogen) atoms. The number of anilines is 1. The van der Waals surface area contributed by atoms with Crippen LogP contribution in [0.15, 0.2) is 24.4 Å². The van der Waals surface area contributed by atoms with Gasteiger partial charge >= 0.3 is 0 Å². The molecule has 112 valence electrons. The van der Waals surface area contributed by atoms with Crippen molar-refractivity contribution in [3.8, 4) is 0 Å². The molecule has 0 saturated heterocycles. The van der Waals surface area contributed by atoms with Crippen LogP contribution < -0.4 is 5.32 Å². The number of nitro benzene ring substituents is 1. The number of non-ortho nitro benzene ring substituents is 1. The Balaban J connectivity index is 1.91. The summed E-state index contributed by atoms with van der Waals surface area (Å²) in [5, 5.41) is 17.8. The first-order valence-corrected chi connectivity index (χ1v) is 7.19. The Bertz CT molecular complexity index is 884. The molecule has 0 aliphatic heterocycles. The molecule has 1 aromatic carbocycles. The Hall–Kier alpha value is -2.52. The van der Waals surface area contributed by atoms with Crippen molar-refractivity contribution < 1.29 is 9.72 Å². The van der Waals surface area contributed by atoms with Crippen LogP contribution in [0.25, 0.3) is 10.2 Å². The summed E-state index contributed by atoms with van der Waals surface area (Å²) in [6, 6.07) is 4.32. The van der Waals surface area contributed by atoms with Gasteiger partial charge in [0.2, 0.25) is 0 Å². The fourth-order valence-corrected chi connectivity index (χ4v) is 3.05. The molecule has 1 amide bonds. The Morgan fingerprint density at radius 1 is 1.50 bits per heavy atom. The lowest BCUT2D eigenvalue weighted by Gasteiger charge is -2.02. The van der Waals surface area contributed by atoms with Crippen LogP contribution in [0.5, 0.6) is 0 Å². The lowest BCUT2D eigenvalue weighted by atomic mass is 10.3. The Labute approximate surface area is 132 Å². The van der Waals surface area contributed by atoms with Crippen LogP contribution in [0.1, 0.15) is 10.5 Å². The van der Waals surface area contributed by atoms with Gasteiger partial charge in [0.15, 0.2) is 5.13 Å². The standard InChI is InChI=1S/C12H8ClN5O3S/c1-17-10(7(13)5-14-17)11(19)16-12-15-8-3-2-6(18(20)21)4-9(8)22-12/h2-5H,1H3,(H,15,16,19). The number of fused-ring (bicyclic) bond motifs is 1. The van der Waals surface area contributed by atoms with Gasteiger partial charge in [-0.3, -0.25) is 24.9 Å². The first kappa shape index (κ1) is 14.4. The molecule has 0 bridgehead atoms. The molecule has 2 heterocycles. The highest BCUT2D eigenvalue weighted by Gasteiger charge is 2.18. The van der Waals surface area contributed by atoms with Crippen molar-refractivity contribution in [2.75, 3.05) is 5.32 Å². The Kier molecular flexibility index (Phi) is 3.51. The van der Waals surface area contributed by atoms with Gasteiger partial charge < -0.3 is 0 Å². The monoisotopic (exact) mass is 337 g/mol. The zero-order valence-electron chi connectivity index (χ0n) is 11.1. The number of amides is 1. The van der Waals surface area contributed by atoms with Crippen molar-refractivity contribution >= 4 is 49.9 Å². The van der Waals surface area contributed by atoms with Gasteiger partial charge in [-0.05, 0) is 6.07 Å². The van der Waals surface area contributed by atoms with Crippen LogP contribution in [0.3, 0.4) is 0 Å². The molecular weight excluding hydrogens is 330 g/mol. The molecule has 8 nitrogen and oxygen atoms in total. The van der Waals surface area contributed by atoms with E-state index in [-0.39, 0.29) is 16.4 Å². The second-order valence-corrected chi connectivity index (χ2v) is 5.78. The van der Waals surface area contributed by atoms with Crippen molar-refractivity contribution in [1.82, 2.24) is 14.8 Å². The lowest BCUT2D eigenvalue weighted by Crippen LogP contribution is -2.16. The zero-order chi connectivity index (χ0) is 15.9. The van der Waals surface area contributed by atoms with Crippen molar-refractivity contribution in [2.24, 2.45) is 7.05 Å². The number of hydrogen-bond donors (Lipinski definition) is 1. The van der Waals surface area contributed by atoms with Gasteiger partial charge in [-0.25, -0.2) is 4.98 Å². The number of nitrogens with zero attached hydrogens (tertiary/aromatic N) is 4. The minimum Gasteiger partial charge on any atom is -0.296 e. The third-order valence-electron chi connectivity index (χ3n) is 2.91. The molecule has 0 fully saturated rings. The summed E-state index contributed by atoms with van der Waals surface area (Å²) >= 11 is 7.05. The number of aromatic nitrogens is 3. The van der Waals surface area contributed by atoms with E-state index in [0.29, 0.717) is 15.3 Å². The second kappa shape index (κ2) is 5.35. The molecule has 0 saturated carbocycles. The molecule has 0 atom stereocenters. The molecule has 3 rings (SSSR count). The molecule has 10 heteroatoms. The topological polar surface area (TPSA) is 103 Å². The first-order chi connectivity index (χ1) is 10.5. The number of nitro groups is 1. The summed E-state index contributed by atoms with van der Waals surface area (Å²) in [5.74, 6) is -0.446. The van der Waals surface area contributed by atoms with Crippen molar-refractivity contribution in [2.45, 2.75) is 0 Å².